The highest BCUT2D eigenvalue weighted by molar-refractivity contribution is 5.96. The molecular weight excluding hydrogens is 313 g/mol. The zero-order valence-corrected chi connectivity index (χ0v) is 13.4. The maximum atomic E-state index is 12.9. The molecule has 2 aromatic rings. The van der Waals surface area contributed by atoms with Gasteiger partial charge in [-0.05, 0) is 35.9 Å². The van der Waals surface area contributed by atoms with Crippen LogP contribution in [0, 0.1) is 5.82 Å². The van der Waals surface area contributed by atoms with Crippen molar-refractivity contribution in [2.75, 3.05) is 14.2 Å². The molecule has 0 fully saturated rings. The van der Waals surface area contributed by atoms with E-state index in [0.717, 1.165) is 5.56 Å². The van der Waals surface area contributed by atoms with Crippen molar-refractivity contribution >= 4 is 11.9 Å². The van der Waals surface area contributed by atoms with E-state index in [2.05, 4.69) is 5.32 Å². The van der Waals surface area contributed by atoms with Crippen LogP contribution in [0.3, 0.4) is 0 Å². The first-order chi connectivity index (χ1) is 11.5. The van der Waals surface area contributed by atoms with Gasteiger partial charge in [0, 0.05) is 12.0 Å². The quantitative estimate of drug-likeness (QED) is 0.825. The summed E-state index contributed by atoms with van der Waals surface area (Å²) in [6, 6.07) is 11.4. The van der Waals surface area contributed by atoms with Crippen LogP contribution < -0.4 is 10.1 Å². The Morgan fingerprint density at radius 2 is 1.75 bits per heavy atom. The van der Waals surface area contributed by atoms with E-state index >= 15 is 0 Å². The van der Waals surface area contributed by atoms with Crippen molar-refractivity contribution in [3.05, 3.63) is 65.5 Å². The van der Waals surface area contributed by atoms with Gasteiger partial charge >= 0.3 is 5.97 Å². The van der Waals surface area contributed by atoms with Crippen molar-refractivity contribution < 1.29 is 23.5 Å². The van der Waals surface area contributed by atoms with Crippen molar-refractivity contribution in [2.24, 2.45) is 0 Å². The van der Waals surface area contributed by atoms with Gasteiger partial charge in [0.25, 0.3) is 5.91 Å². The van der Waals surface area contributed by atoms with Gasteiger partial charge in [-0.15, -0.1) is 0 Å². The maximum Gasteiger partial charge on any atom is 0.328 e. The number of halogens is 1. The Kier molecular flexibility index (Phi) is 5.89. The molecule has 0 saturated carbocycles. The maximum absolute atomic E-state index is 12.9. The van der Waals surface area contributed by atoms with Crippen molar-refractivity contribution in [1.29, 1.82) is 0 Å². The molecule has 1 N–H and O–H groups in total. The zero-order chi connectivity index (χ0) is 17.5. The SMILES string of the molecule is COC(=O)[C@@H](Cc1ccccc1OC)NC(=O)c1ccc(F)cc1. The van der Waals surface area contributed by atoms with Crippen LogP contribution >= 0.6 is 0 Å². The normalized spacial score (nSPS) is 11.5. The second-order valence-electron chi connectivity index (χ2n) is 5.07. The Hall–Kier alpha value is -2.89. The predicted octanol–water partition coefficient (Wildman–Crippen LogP) is 2.35. The monoisotopic (exact) mass is 331 g/mol. The van der Waals surface area contributed by atoms with Crippen LogP contribution in [0.2, 0.25) is 0 Å². The number of rotatable bonds is 6. The second kappa shape index (κ2) is 8.10. The van der Waals surface area contributed by atoms with Crippen molar-refractivity contribution in [2.45, 2.75) is 12.5 Å². The largest absolute Gasteiger partial charge is 0.496 e. The Balaban J connectivity index is 2.18. The molecule has 0 bridgehead atoms. The van der Waals surface area contributed by atoms with E-state index in [-0.39, 0.29) is 12.0 Å². The molecule has 0 heterocycles. The first-order valence-corrected chi connectivity index (χ1v) is 7.31. The molecule has 0 unspecified atom stereocenters. The third-order valence-corrected chi connectivity index (χ3v) is 3.51. The number of hydrogen-bond acceptors (Lipinski definition) is 4. The summed E-state index contributed by atoms with van der Waals surface area (Å²) >= 11 is 0. The lowest BCUT2D eigenvalue weighted by Crippen LogP contribution is -2.43. The fourth-order valence-electron chi connectivity index (χ4n) is 2.27. The number of amides is 1. The average Bonchev–Trinajstić information content (AvgIpc) is 2.61. The summed E-state index contributed by atoms with van der Waals surface area (Å²) in [5, 5.41) is 2.61. The van der Waals surface area contributed by atoms with E-state index < -0.39 is 23.7 Å². The molecule has 126 valence electrons. The van der Waals surface area contributed by atoms with Crippen molar-refractivity contribution in [3.8, 4) is 5.75 Å². The molecule has 5 nitrogen and oxygen atoms in total. The Labute approximate surface area is 139 Å². The Morgan fingerprint density at radius 1 is 1.08 bits per heavy atom. The van der Waals surface area contributed by atoms with E-state index in [9.17, 15) is 14.0 Å². The lowest BCUT2D eigenvalue weighted by atomic mass is 10.0. The smallest absolute Gasteiger partial charge is 0.328 e. The van der Waals surface area contributed by atoms with Crippen LogP contribution in [-0.2, 0) is 16.0 Å². The summed E-state index contributed by atoms with van der Waals surface area (Å²) in [4.78, 5) is 24.3. The molecule has 1 atom stereocenters. The van der Waals surface area contributed by atoms with Crippen LogP contribution in [0.25, 0.3) is 0 Å². The van der Waals surface area contributed by atoms with Crippen LogP contribution in [-0.4, -0.2) is 32.1 Å². The minimum absolute atomic E-state index is 0.212. The fourth-order valence-corrected chi connectivity index (χ4v) is 2.27. The number of carbonyl (C=O) groups is 2. The standard InChI is InChI=1S/C18H18FNO4/c1-23-16-6-4-3-5-13(16)11-15(18(22)24-2)20-17(21)12-7-9-14(19)10-8-12/h3-10,15H,11H2,1-2H3,(H,20,21)/t15-/m1/s1. The van der Waals surface area contributed by atoms with E-state index in [0.29, 0.717) is 5.75 Å². The minimum Gasteiger partial charge on any atom is -0.496 e. The van der Waals surface area contributed by atoms with E-state index in [1.807, 2.05) is 12.1 Å². The summed E-state index contributed by atoms with van der Waals surface area (Å²) in [6.07, 6.45) is 0.212. The molecule has 2 rings (SSSR count). The van der Waals surface area contributed by atoms with Crippen molar-refractivity contribution in [3.63, 3.8) is 0 Å². The van der Waals surface area contributed by atoms with Gasteiger partial charge in [0.15, 0.2) is 0 Å². The van der Waals surface area contributed by atoms with E-state index in [4.69, 9.17) is 9.47 Å². The summed E-state index contributed by atoms with van der Waals surface area (Å²) < 4.78 is 23.0. The number of carbonyl (C=O) groups excluding carboxylic acids is 2. The third kappa shape index (κ3) is 4.32. The molecule has 0 radical (unpaired) electrons. The third-order valence-electron chi connectivity index (χ3n) is 3.51. The molecule has 0 aliphatic rings. The number of para-hydroxylation sites is 1. The summed E-state index contributed by atoms with van der Waals surface area (Å²) in [5.41, 5.74) is 1.01. The summed E-state index contributed by atoms with van der Waals surface area (Å²) in [6.45, 7) is 0. The number of nitrogens with one attached hydrogen (secondary N) is 1. The second-order valence-corrected chi connectivity index (χ2v) is 5.07. The van der Waals surface area contributed by atoms with Gasteiger partial charge in [0.2, 0.25) is 0 Å². The minimum atomic E-state index is -0.885. The number of esters is 1. The molecule has 0 saturated heterocycles. The fraction of sp³-hybridized carbons (Fsp3) is 0.222. The van der Waals surface area contributed by atoms with Crippen LogP contribution in [0.15, 0.2) is 48.5 Å². The van der Waals surface area contributed by atoms with Crippen LogP contribution in [0.1, 0.15) is 15.9 Å². The molecular formula is C18H18FNO4. The summed E-state index contributed by atoms with van der Waals surface area (Å²) in [7, 11) is 2.78. The highest BCUT2D eigenvalue weighted by Crippen LogP contribution is 2.19. The molecule has 0 aliphatic heterocycles. The highest BCUT2D eigenvalue weighted by Gasteiger charge is 2.23. The van der Waals surface area contributed by atoms with E-state index in [1.165, 1.54) is 38.5 Å². The van der Waals surface area contributed by atoms with Crippen LogP contribution in [0.4, 0.5) is 4.39 Å². The number of hydrogen-bond donors (Lipinski definition) is 1. The Morgan fingerprint density at radius 3 is 2.38 bits per heavy atom. The topological polar surface area (TPSA) is 64.6 Å². The van der Waals surface area contributed by atoms with Crippen LogP contribution in [0.5, 0.6) is 5.75 Å². The van der Waals surface area contributed by atoms with Gasteiger partial charge in [-0.2, -0.15) is 0 Å². The molecule has 2 aromatic carbocycles. The Bertz CT molecular complexity index is 715. The highest BCUT2D eigenvalue weighted by atomic mass is 19.1. The molecule has 0 aliphatic carbocycles. The molecule has 1 amide bonds. The number of methoxy groups -OCH3 is 2. The zero-order valence-electron chi connectivity index (χ0n) is 13.4. The van der Waals surface area contributed by atoms with Gasteiger partial charge in [-0.3, -0.25) is 4.79 Å². The van der Waals surface area contributed by atoms with E-state index in [1.54, 1.807) is 12.1 Å². The molecule has 24 heavy (non-hydrogen) atoms. The average molecular weight is 331 g/mol. The van der Waals surface area contributed by atoms with Gasteiger partial charge in [0.05, 0.1) is 14.2 Å². The first kappa shape index (κ1) is 17.5. The molecule has 0 spiro atoms. The molecule has 0 aromatic heterocycles. The van der Waals surface area contributed by atoms with Gasteiger partial charge in [0.1, 0.15) is 17.6 Å². The number of benzene rings is 2. The van der Waals surface area contributed by atoms with Crippen molar-refractivity contribution in [1.82, 2.24) is 5.32 Å². The molecule has 6 heteroatoms. The summed E-state index contributed by atoms with van der Waals surface area (Å²) in [5.74, 6) is -0.885. The first-order valence-electron chi connectivity index (χ1n) is 7.31. The van der Waals surface area contributed by atoms with Gasteiger partial charge in [-0.25, -0.2) is 9.18 Å². The lowest BCUT2D eigenvalue weighted by molar-refractivity contribution is -0.142. The lowest BCUT2D eigenvalue weighted by Gasteiger charge is -2.18. The number of ether oxygens (including phenoxy) is 2. The van der Waals surface area contributed by atoms with Gasteiger partial charge in [-0.1, -0.05) is 18.2 Å². The predicted molar refractivity (Wildman–Crippen MR) is 86.4 cm³/mol. The van der Waals surface area contributed by atoms with Gasteiger partial charge < -0.3 is 14.8 Å².